The minimum absolute atomic E-state index is 0.139. The van der Waals surface area contributed by atoms with Crippen LogP contribution in [0.4, 0.5) is 4.79 Å². The van der Waals surface area contributed by atoms with Crippen molar-refractivity contribution in [3.63, 3.8) is 0 Å². The molecule has 0 unspecified atom stereocenters. The van der Waals surface area contributed by atoms with Gasteiger partial charge in [0.25, 0.3) is 0 Å². The van der Waals surface area contributed by atoms with Crippen molar-refractivity contribution in [2.24, 2.45) is 0 Å². The Hall–Kier alpha value is -2.24. The first-order valence-corrected chi connectivity index (χ1v) is 4.90. The van der Waals surface area contributed by atoms with Crippen molar-refractivity contribution < 1.29 is 24.2 Å². The maximum Gasteiger partial charge on any atom is 0.404 e. The van der Waals surface area contributed by atoms with Gasteiger partial charge in [0.15, 0.2) is 6.29 Å². The van der Waals surface area contributed by atoms with Crippen LogP contribution in [0.1, 0.15) is 10.4 Å². The molecule has 0 saturated heterocycles. The van der Waals surface area contributed by atoms with Gasteiger partial charge in [-0.3, -0.25) is 4.79 Å². The highest BCUT2D eigenvalue weighted by molar-refractivity contribution is 5.83. The van der Waals surface area contributed by atoms with E-state index < -0.39 is 6.09 Å². The third-order valence-electron chi connectivity index (χ3n) is 2.00. The molecular formula is C11H13NO5. The molecule has 1 aromatic carbocycles. The molecule has 0 bridgehead atoms. The molecule has 0 aromatic heterocycles. The van der Waals surface area contributed by atoms with Crippen LogP contribution in [0, 0.1) is 0 Å². The Kier molecular flexibility index (Phi) is 4.80. The summed E-state index contributed by atoms with van der Waals surface area (Å²) >= 11 is 0. The van der Waals surface area contributed by atoms with Crippen LogP contribution in [-0.4, -0.2) is 37.7 Å². The van der Waals surface area contributed by atoms with Crippen molar-refractivity contribution >= 4 is 12.4 Å². The summed E-state index contributed by atoms with van der Waals surface area (Å²) in [6.45, 7) is 0.283. The lowest BCUT2D eigenvalue weighted by molar-refractivity contribution is 0.111. The minimum Gasteiger partial charge on any atom is -0.496 e. The number of carboxylic acid groups (broad SMARTS) is 1. The van der Waals surface area contributed by atoms with Crippen molar-refractivity contribution in [3.8, 4) is 11.5 Å². The molecule has 1 aromatic rings. The fourth-order valence-corrected chi connectivity index (χ4v) is 1.26. The van der Waals surface area contributed by atoms with Gasteiger partial charge >= 0.3 is 6.09 Å². The molecule has 0 radical (unpaired) electrons. The molecule has 6 heteroatoms. The van der Waals surface area contributed by atoms with Gasteiger partial charge in [-0.25, -0.2) is 4.79 Å². The summed E-state index contributed by atoms with van der Waals surface area (Å²) in [5.74, 6) is 0.787. The van der Waals surface area contributed by atoms with Crippen LogP contribution < -0.4 is 14.8 Å². The fraction of sp³-hybridized carbons (Fsp3) is 0.273. The van der Waals surface area contributed by atoms with E-state index in [1.807, 2.05) is 0 Å². The average Bonchev–Trinajstić information content (AvgIpc) is 2.33. The molecule has 0 fully saturated rings. The van der Waals surface area contributed by atoms with Gasteiger partial charge in [-0.15, -0.1) is 0 Å². The summed E-state index contributed by atoms with van der Waals surface area (Å²) in [5.41, 5.74) is 0.310. The number of hydrogen-bond donors (Lipinski definition) is 2. The monoisotopic (exact) mass is 239 g/mol. The molecule has 0 aliphatic heterocycles. The molecule has 0 saturated carbocycles. The zero-order valence-electron chi connectivity index (χ0n) is 9.30. The Morgan fingerprint density at radius 2 is 2.18 bits per heavy atom. The zero-order chi connectivity index (χ0) is 12.7. The predicted octanol–water partition coefficient (Wildman–Crippen LogP) is 1.15. The van der Waals surface area contributed by atoms with Crippen LogP contribution in [0.3, 0.4) is 0 Å². The summed E-state index contributed by atoms with van der Waals surface area (Å²) < 4.78 is 10.3. The van der Waals surface area contributed by atoms with Crippen molar-refractivity contribution in [2.75, 3.05) is 20.3 Å². The quantitative estimate of drug-likeness (QED) is 0.574. The van der Waals surface area contributed by atoms with Gasteiger partial charge in [0.05, 0.1) is 19.2 Å². The third kappa shape index (κ3) is 3.67. The lowest BCUT2D eigenvalue weighted by Gasteiger charge is -2.10. The Bertz CT molecular complexity index is 405. The van der Waals surface area contributed by atoms with E-state index in [4.69, 9.17) is 14.6 Å². The first-order chi connectivity index (χ1) is 8.19. The Morgan fingerprint density at radius 1 is 1.47 bits per heavy atom. The molecule has 1 rings (SSSR count). The van der Waals surface area contributed by atoms with Gasteiger partial charge in [0.1, 0.15) is 18.1 Å². The minimum atomic E-state index is -1.12. The molecule has 92 valence electrons. The number of ether oxygens (including phenoxy) is 2. The van der Waals surface area contributed by atoms with Crippen LogP contribution >= 0.6 is 0 Å². The normalized spacial score (nSPS) is 9.47. The van der Waals surface area contributed by atoms with Crippen molar-refractivity contribution in [3.05, 3.63) is 23.8 Å². The van der Waals surface area contributed by atoms with Crippen LogP contribution in [0.2, 0.25) is 0 Å². The van der Waals surface area contributed by atoms with Crippen LogP contribution in [0.25, 0.3) is 0 Å². The first kappa shape index (κ1) is 12.8. The standard InChI is InChI=1S/C11H13NO5/c1-16-9-3-2-4-10(8(9)7-13)17-6-5-12-11(14)15/h2-4,7,12H,5-6H2,1H3,(H,14,15). The largest absolute Gasteiger partial charge is 0.496 e. The lowest BCUT2D eigenvalue weighted by Crippen LogP contribution is -2.26. The number of rotatable bonds is 6. The highest BCUT2D eigenvalue weighted by Gasteiger charge is 2.08. The van der Waals surface area contributed by atoms with Crippen LogP contribution in [-0.2, 0) is 0 Å². The molecule has 0 spiro atoms. The predicted molar refractivity (Wildman–Crippen MR) is 59.9 cm³/mol. The van der Waals surface area contributed by atoms with Gasteiger partial charge in [-0.1, -0.05) is 6.07 Å². The zero-order valence-corrected chi connectivity index (χ0v) is 9.30. The average molecular weight is 239 g/mol. The summed E-state index contributed by atoms with van der Waals surface area (Å²) in [6.07, 6.45) is -0.478. The van der Waals surface area contributed by atoms with Gasteiger partial charge in [-0.05, 0) is 12.1 Å². The molecular weight excluding hydrogens is 226 g/mol. The van der Waals surface area contributed by atoms with E-state index in [9.17, 15) is 9.59 Å². The first-order valence-electron chi connectivity index (χ1n) is 4.90. The molecule has 0 aliphatic rings. The smallest absolute Gasteiger partial charge is 0.404 e. The summed E-state index contributed by atoms with van der Waals surface area (Å²) in [4.78, 5) is 21.1. The van der Waals surface area contributed by atoms with Crippen molar-refractivity contribution in [1.29, 1.82) is 0 Å². The SMILES string of the molecule is COc1cccc(OCCNC(=O)O)c1C=O. The van der Waals surface area contributed by atoms with E-state index in [2.05, 4.69) is 5.32 Å². The van der Waals surface area contributed by atoms with Crippen molar-refractivity contribution in [2.45, 2.75) is 0 Å². The van der Waals surface area contributed by atoms with Crippen molar-refractivity contribution in [1.82, 2.24) is 5.32 Å². The van der Waals surface area contributed by atoms with Gasteiger partial charge in [0.2, 0.25) is 0 Å². The number of benzene rings is 1. The van der Waals surface area contributed by atoms with Crippen LogP contribution in [0.15, 0.2) is 18.2 Å². The highest BCUT2D eigenvalue weighted by Crippen LogP contribution is 2.26. The molecule has 1 amide bonds. The number of carbonyl (C=O) groups excluding carboxylic acids is 1. The molecule has 6 nitrogen and oxygen atoms in total. The van der Waals surface area contributed by atoms with Gasteiger partial charge in [-0.2, -0.15) is 0 Å². The molecule has 0 aliphatic carbocycles. The number of aldehydes is 1. The Balaban J connectivity index is 2.64. The summed E-state index contributed by atoms with van der Waals surface area (Å²) in [7, 11) is 1.46. The third-order valence-corrected chi connectivity index (χ3v) is 2.00. The fourth-order valence-electron chi connectivity index (χ4n) is 1.26. The van der Waals surface area contributed by atoms with E-state index in [1.165, 1.54) is 7.11 Å². The molecule has 17 heavy (non-hydrogen) atoms. The topological polar surface area (TPSA) is 84.9 Å². The van der Waals surface area contributed by atoms with E-state index in [0.717, 1.165) is 0 Å². The van der Waals surface area contributed by atoms with E-state index in [1.54, 1.807) is 18.2 Å². The Labute approximate surface area is 98.2 Å². The number of nitrogens with one attached hydrogen (secondary N) is 1. The molecule has 2 N–H and O–H groups in total. The maximum atomic E-state index is 10.9. The maximum absolute atomic E-state index is 10.9. The number of methoxy groups -OCH3 is 1. The van der Waals surface area contributed by atoms with Gasteiger partial charge < -0.3 is 19.9 Å². The lowest BCUT2D eigenvalue weighted by atomic mass is 10.2. The summed E-state index contributed by atoms with van der Waals surface area (Å²) in [6, 6.07) is 4.95. The number of amides is 1. The van der Waals surface area contributed by atoms with Gasteiger partial charge in [0, 0.05) is 0 Å². The van der Waals surface area contributed by atoms with E-state index in [-0.39, 0.29) is 13.2 Å². The number of carbonyl (C=O) groups is 2. The summed E-state index contributed by atoms with van der Waals surface area (Å²) in [5, 5.41) is 10.5. The highest BCUT2D eigenvalue weighted by atomic mass is 16.5. The second kappa shape index (κ2) is 6.37. The second-order valence-electron chi connectivity index (χ2n) is 3.07. The second-order valence-corrected chi connectivity index (χ2v) is 3.07. The molecule has 0 atom stereocenters. The van der Waals surface area contributed by atoms with E-state index >= 15 is 0 Å². The Morgan fingerprint density at radius 3 is 2.76 bits per heavy atom. The van der Waals surface area contributed by atoms with Crippen LogP contribution in [0.5, 0.6) is 11.5 Å². The van der Waals surface area contributed by atoms with E-state index in [0.29, 0.717) is 23.3 Å². The molecule has 0 heterocycles. The number of hydrogen-bond acceptors (Lipinski definition) is 4.